The number of hydrogen-bond acceptors (Lipinski definition) is 5. The summed E-state index contributed by atoms with van der Waals surface area (Å²) in [5, 5.41) is 13.3. The molecule has 3 atom stereocenters. The highest BCUT2D eigenvalue weighted by Gasteiger charge is 2.22. The predicted molar refractivity (Wildman–Crippen MR) is 77.5 cm³/mol. The third kappa shape index (κ3) is 4.90. The number of aliphatic hydroxyl groups is 1. The Bertz CT molecular complexity index is 369. The van der Waals surface area contributed by atoms with Gasteiger partial charge in [-0.05, 0) is 45.5 Å². The van der Waals surface area contributed by atoms with Crippen LogP contribution in [0, 0.1) is 0 Å². The van der Waals surface area contributed by atoms with Crippen molar-refractivity contribution in [3.8, 4) is 0 Å². The molecule has 1 aliphatic rings. The van der Waals surface area contributed by atoms with Gasteiger partial charge < -0.3 is 24.5 Å². The molecule has 1 fully saturated rings. The van der Waals surface area contributed by atoms with Crippen LogP contribution in [0.4, 0.5) is 0 Å². The van der Waals surface area contributed by atoms with E-state index in [9.17, 15) is 5.11 Å². The Hall–Kier alpha value is -0.880. The van der Waals surface area contributed by atoms with E-state index < -0.39 is 6.10 Å². The maximum absolute atomic E-state index is 9.90. The molecule has 3 unspecified atom stereocenters. The zero-order valence-corrected chi connectivity index (χ0v) is 12.4. The molecule has 1 aromatic heterocycles. The van der Waals surface area contributed by atoms with Gasteiger partial charge in [-0.1, -0.05) is 0 Å². The number of piperidine rings is 1. The third-order valence-electron chi connectivity index (χ3n) is 3.99. The number of aliphatic hydroxyl groups excluding tert-OH is 1. The van der Waals surface area contributed by atoms with E-state index in [4.69, 9.17) is 9.15 Å². The molecule has 2 rings (SSSR count). The molecule has 0 spiro atoms. The quantitative estimate of drug-likeness (QED) is 0.788. The number of likely N-dealkylation sites (tertiary alicyclic amines) is 1. The summed E-state index contributed by atoms with van der Waals surface area (Å²) in [6.07, 6.45) is 3.43. The highest BCUT2D eigenvalue weighted by molar-refractivity contribution is 4.96. The van der Waals surface area contributed by atoms with E-state index in [1.54, 1.807) is 6.26 Å². The van der Waals surface area contributed by atoms with Crippen LogP contribution in [0.1, 0.15) is 25.5 Å². The van der Waals surface area contributed by atoms with E-state index in [-0.39, 0.29) is 0 Å². The van der Waals surface area contributed by atoms with E-state index in [0.29, 0.717) is 31.8 Å². The van der Waals surface area contributed by atoms with E-state index in [1.807, 2.05) is 12.1 Å². The lowest BCUT2D eigenvalue weighted by Crippen LogP contribution is -2.47. The number of nitrogens with one attached hydrogen (secondary N) is 1. The average molecular weight is 282 g/mol. The molecule has 5 heteroatoms. The van der Waals surface area contributed by atoms with Crippen molar-refractivity contribution in [2.45, 2.75) is 44.6 Å². The topological polar surface area (TPSA) is 57.9 Å². The van der Waals surface area contributed by atoms with Crippen LogP contribution in [0.5, 0.6) is 0 Å². The monoisotopic (exact) mass is 282 g/mol. The van der Waals surface area contributed by atoms with Crippen LogP contribution < -0.4 is 5.32 Å². The summed E-state index contributed by atoms with van der Waals surface area (Å²) in [6, 6.07) is 4.80. The van der Waals surface area contributed by atoms with Crippen LogP contribution in [-0.2, 0) is 11.3 Å². The molecular formula is C15H26N2O3. The van der Waals surface area contributed by atoms with Gasteiger partial charge in [-0.15, -0.1) is 0 Å². The lowest BCUT2D eigenvalue weighted by Gasteiger charge is -2.35. The Morgan fingerprint density at radius 3 is 3.15 bits per heavy atom. The second-order valence-corrected chi connectivity index (χ2v) is 5.71. The molecule has 0 aliphatic carbocycles. The van der Waals surface area contributed by atoms with Crippen molar-refractivity contribution in [3.05, 3.63) is 24.2 Å². The summed E-state index contributed by atoms with van der Waals surface area (Å²) in [6.45, 7) is 4.69. The SMILES string of the molecule is CC1CC(NCC(O)COCc2ccco2)CCN1C. The molecule has 0 amide bonds. The number of hydrogen-bond donors (Lipinski definition) is 2. The molecule has 0 saturated carbocycles. The Balaban J connectivity index is 1.57. The first-order valence-electron chi connectivity index (χ1n) is 7.37. The molecule has 1 aromatic rings. The molecule has 1 saturated heterocycles. The molecule has 5 nitrogen and oxygen atoms in total. The smallest absolute Gasteiger partial charge is 0.129 e. The minimum Gasteiger partial charge on any atom is -0.467 e. The second-order valence-electron chi connectivity index (χ2n) is 5.71. The fourth-order valence-electron chi connectivity index (χ4n) is 2.53. The summed E-state index contributed by atoms with van der Waals surface area (Å²) in [4.78, 5) is 2.38. The summed E-state index contributed by atoms with van der Waals surface area (Å²) >= 11 is 0. The molecular weight excluding hydrogens is 256 g/mol. The standard InChI is InChI=1S/C15H26N2O3/c1-12-8-13(5-6-17(12)2)16-9-14(18)10-19-11-15-4-3-7-20-15/h3-4,7,12-14,16,18H,5-6,8-11H2,1-2H3. The van der Waals surface area contributed by atoms with Gasteiger partial charge >= 0.3 is 0 Å². The van der Waals surface area contributed by atoms with E-state index in [0.717, 1.165) is 25.1 Å². The van der Waals surface area contributed by atoms with E-state index in [2.05, 4.69) is 24.2 Å². The zero-order chi connectivity index (χ0) is 14.4. The van der Waals surface area contributed by atoms with Crippen LogP contribution in [0.15, 0.2) is 22.8 Å². The highest BCUT2D eigenvalue weighted by atomic mass is 16.5. The molecule has 20 heavy (non-hydrogen) atoms. The first-order valence-corrected chi connectivity index (χ1v) is 7.37. The maximum Gasteiger partial charge on any atom is 0.129 e. The molecule has 2 N–H and O–H groups in total. The van der Waals surface area contributed by atoms with Crippen molar-refractivity contribution in [1.82, 2.24) is 10.2 Å². The summed E-state index contributed by atoms with van der Waals surface area (Å²) in [7, 11) is 2.16. The predicted octanol–water partition coefficient (Wildman–Crippen LogP) is 1.23. The van der Waals surface area contributed by atoms with Gasteiger partial charge in [-0.3, -0.25) is 0 Å². The lowest BCUT2D eigenvalue weighted by atomic mass is 9.99. The van der Waals surface area contributed by atoms with Crippen molar-refractivity contribution in [2.24, 2.45) is 0 Å². The fourth-order valence-corrected chi connectivity index (χ4v) is 2.53. The molecule has 0 radical (unpaired) electrons. The van der Waals surface area contributed by atoms with Crippen LogP contribution in [0.3, 0.4) is 0 Å². The Labute approximate surface area is 120 Å². The van der Waals surface area contributed by atoms with Crippen LogP contribution in [0.2, 0.25) is 0 Å². The molecule has 1 aliphatic heterocycles. The van der Waals surface area contributed by atoms with Crippen LogP contribution >= 0.6 is 0 Å². The van der Waals surface area contributed by atoms with Gasteiger partial charge in [-0.25, -0.2) is 0 Å². The van der Waals surface area contributed by atoms with Crippen LogP contribution in [0.25, 0.3) is 0 Å². The van der Waals surface area contributed by atoms with Crippen molar-refractivity contribution in [1.29, 1.82) is 0 Å². The van der Waals surface area contributed by atoms with Crippen molar-refractivity contribution in [2.75, 3.05) is 26.7 Å². The van der Waals surface area contributed by atoms with Gasteiger partial charge in [0.2, 0.25) is 0 Å². The summed E-state index contributed by atoms with van der Waals surface area (Å²) in [5.74, 6) is 0.786. The number of ether oxygens (including phenoxy) is 1. The van der Waals surface area contributed by atoms with Gasteiger partial charge in [0.1, 0.15) is 12.4 Å². The third-order valence-corrected chi connectivity index (χ3v) is 3.99. The Kier molecular flexibility index (Phi) is 6.04. The van der Waals surface area contributed by atoms with Crippen molar-refractivity contribution < 1.29 is 14.3 Å². The van der Waals surface area contributed by atoms with Gasteiger partial charge in [0.25, 0.3) is 0 Å². The second kappa shape index (κ2) is 7.78. The van der Waals surface area contributed by atoms with Gasteiger partial charge in [0, 0.05) is 18.6 Å². The first kappa shape index (κ1) is 15.5. The number of furan rings is 1. The van der Waals surface area contributed by atoms with E-state index in [1.165, 1.54) is 0 Å². The Morgan fingerprint density at radius 2 is 2.45 bits per heavy atom. The average Bonchev–Trinajstić information content (AvgIpc) is 2.93. The zero-order valence-electron chi connectivity index (χ0n) is 12.4. The maximum atomic E-state index is 9.90. The lowest BCUT2D eigenvalue weighted by molar-refractivity contribution is 0.0199. The summed E-state index contributed by atoms with van der Waals surface area (Å²) < 4.78 is 10.6. The molecule has 114 valence electrons. The van der Waals surface area contributed by atoms with Gasteiger partial charge in [0.05, 0.1) is 19.0 Å². The van der Waals surface area contributed by atoms with Crippen molar-refractivity contribution >= 4 is 0 Å². The van der Waals surface area contributed by atoms with E-state index >= 15 is 0 Å². The van der Waals surface area contributed by atoms with Gasteiger partial charge in [0.15, 0.2) is 0 Å². The molecule has 0 aromatic carbocycles. The normalized spacial score (nSPS) is 25.8. The molecule has 2 heterocycles. The fraction of sp³-hybridized carbons (Fsp3) is 0.733. The van der Waals surface area contributed by atoms with Crippen LogP contribution in [-0.4, -0.2) is 54.9 Å². The highest BCUT2D eigenvalue weighted by Crippen LogP contribution is 2.15. The number of nitrogens with zero attached hydrogens (tertiary/aromatic N) is 1. The molecule has 0 bridgehead atoms. The Morgan fingerprint density at radius 1 is 1.60 bits per heavy atom. The van der Waals surface area contributed by atoms with Gasteiger partial charge in [-0.2, -0.15) is 0 Å². The minimum absolute atomic E-state index is 0.329. The first-order chi connectivity index (χ1) is 9.65. The summed E-state index contributed by atoms with van der Waals surface area (Å²) in [5.41, 5.74) is 0. The number of rotatable bonds is 7. The minimum atomic E-state index is -0.472. The largest absolute Gasteiger partial charge is 0.467 e. The van der Waals surface area contributed by atoms with Crippen molar-refractivity contribution in [3.63, 3.8) is 0 Å².